The number of hydrogen-bond donors (Lipinski definition) is 2. The molecule has 4 nitrogen and oxygen atoms in total. The van der Waals surface area contributed by atoms with Crippen LogP contribution in [0.25, 0.3) is 0 Å². The quantitative estimate of drug-likeness (QED) is 0.798. The molecule has 0 aliphatic carbocycles. The maximum atomic E-state index is 13.0. The smallest absolute Gasteiger partial charge is 0.255 e. The number of halogens is 1. The summed E-state index contributed by atoms with van der Waals surface area (Å²) in [5.41, 5.74) is 1.38. The van der Waals surface area contributed by atoms with E-state index in [2.05, 4.69) is 10.6 Å². The fourth-order valence-corrected chi connectivity index (χ4v) is 3.18. The second-order valence-electron chi connectivity index (χ2n) is 6.67. The van der Waals surface area contributed by atoms with Crippen LogP contribution in [-0.2, 0) is 6.61 Å². The first-order chi connectivity index (χ1) is 12.7. The van der Waals surface area contributed by atoms with E-state index in [9.17, 15) is 9.18 Å². The van der Waals surface area contributed by atoms with Crippen LogP contribution in [0.5, 0.6) is 5.75 Å². The number of rotatable bonds is 7. The van der Waals surface area contributed by atoms with Gasteiger partial charge in [0.25, 0.3) is 5.91 Å². The molecule has 1 fully saturated rings. The lowest BCUT2D eigenvalue weighted by Crippen LogP contribution is -2.33. The SMILES string of the molecule is O=C(NCCC1CCCNC1)c1ccccc1OCc1ccc(F)cc1. The van der Waals surface area contributed by atoms with Crippen molar-refractivity contribution in [2.24, 2.45) is 5.92 Å². The summed E-state index contributed by atoms with van der Waals surface area (Å²) in [5, 5.41) is 6.39. The molecular weight excluding hydrogens is 331 g/mol. The third-order valence-corrected chi connectivity index (χ3v) is 4.68. The number of hydrogen-bond acceptors (Lipinski definition) is 3. The number of carbonyl (C=O) groups is 1. The maximum absolute atomic E-state index is 13.0. The third-order valence-electron chi connectivity index (χ3n) is 4.68. The number of para-hydroxylation sites is 1. The van der Waals surface area contributed by atoms with Crippen LogP contribution in [0.4, 0.5) is 4.39 Å². The van der Waals surface area contributed by atoms with Gasteiger partial charge in [0.05, 0.1) is 5.56 Å². The van der Waals surface area contributed by atoms with Gasteiger partial charge >= 0.3 is 0 Å². The number of amides is 1. The Hall–Kier alpha value is -2.40. The van der Waals surface area contributed by atoms with Crippen LogP contribution in [0.15, 0.2) is 48.5 Å². The molecule has 0 spiro atoms. The van der Waals surface area contributed by atoms with Crippen LogP contribution in [0.1, 0.15) is 35.2 Å². The molecule has 2 aromatic rings. The Morgan fingerprint density at radius 1 is 1.19 bits per heavy atom. The first-order valence-corrected chi connectivity index (χ1v) is 9.17. The van der Waals surface area contributed by atoms with Crippen LogP contribution in [-0.4, -0.2) is 25.5 Å². The highest BCUT2D eigenvalue weighted by Crippen LogP contribution is 2.20. The Morgan fingerprint density at radius 3 is 2.77 bits per heavy atom. The minimum atomic E-state index is -0.276. The van der Waals surface area contributed by atoms with Crippen molar-refractivity contribution in [3.05, 3.63) is 65.5 Å². The van der Waals surface area contributed by atoms with Crippen molar-refractivity contribution in [2.45, 2.75) is 25.9 Å². The van der Waals surface area contributed by atoms with Crippen molar-refractivity contribution < 1.29 is 13.9 Å². The molecule has 1 heterocycles. The van der Waals surface area contributed by atoms with E-state index in [-0.39, 0.29) is 18.3 Å². The molecule has 26 heavy (non-hydrogen) atoms. The minimum absolute atomic E-state index is 0.122. The molecule has 138 valence electrons. The normalized spacial score (nSPS) is 16.9. The Kier molecular flexibility index (Phi) is 6.61. The van der Waals surface area contributed by atoms with Crippen LogP contribution < -0.4 is 15.4 Å². The predicted molar refractivity (Wildman–Crippen MR) is 99.7 cm³/mol. The van der Waals surface area contributed by atoms with Gasteiger partial charge in [-0.3, -0.25) is 4.79 Å². The summed E-state index contributed by atoms with van der Waals surface area (Å²) in [6.07, 6.45) is 3.41. The zero-order valence-corrected chi connectivity index (χ0v) is 14.8. The molecule has 2 N–H and O–H groups in total. The van der Waals surface area contributed by atoms with Crippen LogP contribution >= 0.6 is 0 Å². The Labute approximate surface area is 153 Å². The molecule has 1 saturated heterocycles. The van der Waals surface area contributed by atoms with E-state index in [1.165, 1.54) is 25.0 Å². The molecule has 5 heteroatoms. The second-order valence-corrected chi connectivity index (χ2v) is 6.67. The molecule has 0 aromatic heterocycles. The van der Waals surface area contributed by atoms with Gasteiger partial charge in [-0.2, -0.15) is 0 Å². The summed E-state index contributed by atoms with van der Waals surface area (Å²) < 4.78 is 18.8. The van der Waals surface area contributed by atoms with E-state index in [4.69, 9.17) is 4.74 Å². The highest BCUT2D eigenvalue weighted by molar-refractivity contribution is 5.96. The molecule has 0 bridgehead atoms. The second kappa shape index (κ2) is 9.34. The van der Waals surface area contributed by atoms with Gasteiger partial charge in [0.1, 0.15) is 18.2 Å². The van der Waals surface area contributed by atoms with Crippen molar-refractivity contribution in [3.63, 3.8) is 0 Å². The van der Waals surface area contributed by atoms with Gasteiger partial charge in [0.15, 0.2) is 0 Å². The van der Waals surface area contributed by atoms with E-state index in [1.54, 1.807) is 24.3 Å². The highest BCUT2D eigenvalue weighted by Gasteiger charge is 2.15. The van der Waals surface area contributed by atoms with Crippen molar-refractivity contribution in [2.75, 3.05) is 19.6 Å². The fourth-order valence-electron chi connectivity index (χ4n) is 3.18. The third kappa shape index (κ3) is 5.30. The van der Waals surface area contributed by atoms with Gasteiger partial charge in [0.2, 0.25) is 0 Å². The summed E-state index contributed by atoms with van der Waals surface area (Å²) in [6, 6.07) is 13.4. The summed E-state index contributed by atoms with van der Waals surface area (Å²) in [5.74, 6) is 0.771. The van der Waals surface area contributed by atoms with Crippen LogP contribution in [0.2, 0.25) is 0 Å². The number of nitrogens with one attached hydrogen (secondary N) is 2. The van der Waals surface area contributed by atoms with Crippen molar-refractivity contribution >= 4 is 5.91 Å². The number of ether oxygens (including phenoxy) is 1. The topological polar surface area (TPSA) is 50.4 Å². The zero-order valence-electron chi connectivity index (χ0n) is 14.8. The molecule has 0 radical (unpaired) electrons. The average Bonchev–Trinajstić information content (AvgIpc) is 2.68. The fraction of sp³-hybridized carbons (Fsp3) is 0.381. The van der Waals surface area contributed by atoms with E-state index in [0.717, 1.165) is 25.1 Å². The molecule has 2 aromatic carbocycles. The molecule has 3 rings (SSSR count). The van der Waals surface area contributed by atoms with E-state index < -0.39 is 0 Å². The van der Waals surface area contributed by atoms with Crippen LogP contribution in [0, 0.1) is 11.7 Å². The summed E-state index contributed by atoms with van der Waals surface area (Å²) in [6.45, 7) is 3.09. The largest absolute Gasteiger partial charge is 0.488 e. The minimum Gasteiger partial charge on any atom is -0.488 e. The zero-order chi connectivity index (χ0) is 18.2. The van der Waals surface area contributed by atoms with Crippen molar-refractivity contribution in [3.8, 4) is 5.75 Å². The monoisotopic (exact) mass is 356 g/mol. The molecule has 1 aliphatic heterocycles. The van der Waals surface area contributed by atoms with Gasteiger partial charge in [-0.1, -0.05) is 24.3 Å². The molecule has 1 atom stereocenters. The predicted octanol–water partition coefficient (Wildman–Crippen LogP) is 3.52. The van der Waals surface area contributed by atoms with Gasteiger partial charge in [-0.15, -0.1) is 0 Å². The lowest BCUT2D eigenvalue weighted by Gasteiger charge is -2.22. The van der Waals surface area contributed by atoms with Gasteiger partial charge in [-0.05, 0) is 68.1 Å². The van der Waals surface area contributed by atoms with Gasteiger partial charge in [-0.25, -0.2) is 4.39 Å². The molecule has 1 unspecified atom stereocenters. The van der Waals surface area contributed by atoms with Crippen molar-refractivity contribution in [1.82, 2.24) is 10.6 Å². The molecule has 0 saturated carbocycles. The number of carbonyl (C=O) groups excluding carboxylic acids is 1. The first-order valence-electron chi connectivity index (χ1n) is 9.17. The number of piperidine rings is 1. The number of benzene rings is 2. The Balaban J connectivity index is 1.53. The van der Waals surface area contributed by atoms with E-state index in [0.29, 0.717) is 23.8 Å². The summed E-state index contributed by atoms with van der Waals surface area (Å²) in [7, 11) is 0. The average molecular weight is 356 g/mol. The van der Waals surface area contributed by atoms with Crippen molar-refractivity contribution in [1.29, 1.82) is 0 Å². The highest BCUT2D eigenvalue weighted by atomic mass is 19.1. The molecule has 1 amide bonds. The summed E-state index contributed by atoms with van der Waals surface area (Å²) in [4.78, 5) is 12.5. The Morgan fingerprint density at radius 2 is 2.00 bits per heavy atom. The molecule has 1 aliphatic rings. The summed E-state index contributed by atoms with van der Waals surface area (Å²) >= 11 is 0. The van der Waals surface area contributed by atoms with Gasteiger partial charge < -0.3 is 15.4 Å². The standard InChI is InChI=1S/C21H25FN2O2/c22-18-9-7-17(8-10-18)15-26-20-6-2-1-5-19(20)21(25)24-13-11-16-4-3-12-23-14-16/h1-2,5-10,16,23H,3-4,11-15H2,(H,24,25). The van der Waals surface area contributed by atoms with Crippen LogP contribution in [0.3, 0.4) is 0 Å². The lowest BCUT2D eigenvalue weighted by molar-refractivity contribution is 0.0946. The molecular formula is C21H25FN2O2. The maximum Gasteiger partial charge on any atom is 0.255 e. The van der Waals surface area contributed by atoms with E-state index >= 15 is 0 Å². The lowest BCUT2D eigenvalue weighted by atomic mass is 9.96. The van der Waals surface area contributed by atoms with E-state index in [1.807, 2.05) is 12.1 Å². The van der Waals surface area contributed by atoms with Gasteiger partial charge in [0, 0.05) is 6.54 Å². The Bertz CT molecular complexity index is 712. The first kappa shape index (κ1) is 18.4.